The fourth-order valence-electron chi connectivity index (χ4n) is 1.98. The molecule has 0 unspecified atom stereocenters. The fraction of sp³-hybridized carbons (Fsp3) is 0.500. The molecule has 0 saturated heterocycles. The molecule has 0 saturated carbocycles. The van der Waals surface area contributed by atoms with Gasteiger partial charge >= 0.3 is 0 Å². The van der Waals surface area contributed by atoms with Crippen LogP contribution in [-0.4, -0.2) is 24.0 Å². The van der Waals surface area contributed by atoms with Crippen LogP contribution in [0.5, 0.6) is 0 Å². The molecule has 0 aliphatic heterocycles. The van der Waals surface area contributed by atoms with E-state index in [9.17, 15) is 10.1 Å². The molecule has 1 rings (SSSR count). The molecule has 5 heteroatoms. The van der Waals surface area contributed by atoms with E-state index < -0.39 is 5.91 Å². The lowest BCUT2D eigenvalue weighted by Crippen LogP contribution is -2.35. The highest BCUT2D eigenvalue weighted by Gasteiger charge is 2.17. The summed E-state index contributed by atoms with van der Waals surface area (Å²) in [7, 11) is 0. The molecular weight excluding hydrogens is 240 g/mol. The van der Waals surface area contributed by atoms with Gasteiger partial charge in [-0.1, -0.05) is 13.3 Å². The van der Waals surface area contributed by atoms with Gasteiger partial charge in [0.15, 0.2) is 0 Å². The van der Waals surface area contributed by atoms with Gasteiger partial charge in [0.05, 0.1) is 12.1 Å². The van der Waals surface area contributed by atoms with E-state index in [1.165, 1.54) is 0 Å². The minimum atomic E-state index is -0.416. The number of anilines is 1. The van der Waals surface area contributed by atoms with Crippen molar-refractivity contribution in [3.8, 4) is 6.07 Å². The first kappa shape index (κ1) is 15.0. The van der Waals surface area contributed by atoms with Crippen molar-refractivity contribution in [3.05, 3.63) is 22.9 Å². The van der Waals surface area contributed by atoms with Gasteiger partial charge in [-0.2, -0.15) is 5.26 Å². The van der Waals surface area contributed by atoms with E-state index in [0.29, 0.717) is 17.9 Å². The number of nitrogens with zero attached hydrogens (tertiary/aromatic N) is 3. The van der Waals surface area contributed by atoms with E-state index in [-0.39, 0.29) is 6.54 Å². The summed E-state index contributed by atoms with van der Waals surface area (Å²) < 4.78 is 0. The Morgan fingerprint density at radius 1 is 1.53 bits per heavy atom. The first-order chi connectivity index (χ1) is 8.99. The van der Waals surface area contributed by atoms with E-state index in [0.717, 1.165) is 24.1 Å². The Morgan fingerprint density at radius 2 is 2.21 bits per heavy atom. The van der Waals surface area contributed by atoms with Gasteiger partial charge in [0.1, 0.15) is 11.9 Å². The number of aryl methyl sites for hydroxylation is 2. The third-order valence-electron chi connectivity index (χ3n) is 2.87. The van der Waals surface area contributed by atoms with Gasteiger partial charge in [-0.25, -0.2) is 4.98 Å². The summed E-state index contributed by atoms with van der Waals surface area (Å²) in [5.74, 6) is 0.146. The van der Waals surface area contributed by atoms with Crippen molar-refractivity contribution in [2.45, 2.75) is 33.6 Å². The molecule has 0 aromatic carbocycles. The monoisotopic (exact) mass is 260 g/mol. The SMILES string of the molecule is CCCCN(CC(N)=O)c1nc(C)cc(C)c1C#N. The molecule has 1 heterocycles. The van der Waals surface area contributed by atoms with Crippen LogP contribution >= 0.6 is 0 Å². The molecule has 0 atom stereocenters. The van der Waals surface area contributed by atoms with Crippen molar-refractivity contribution in [2.24, 2.45) is 5.73 Å². The number of rotatable bonds is 6. The van der Waals surface area contributed by atoms with Crippen molar-refractivity contribution in [3.63, 3.8) is 0 Å². The predicted molar refractivity (Wildman–Crippen MR) is 74.7 cm³/mol. The summed E-state index contributed by atoms with van der Waals surface area (Å²) >= 11 is 0. The summed E-state index contributed by atoms with van der Waals surface area (Å²) in [6.07, 6.45) is 1.93. The normalized spacial score (nSPS) is 10.0. The van der Waals surface area contributed by atoms with Crippen molar-refractivity contribution in [1.82, 2.24) is 4.98 Å². The first-order valence-electron chi connectivity index (χ1n) is 6.41. The maximum absolute atomic E-state index is 11.2. The van der Waals surface area contributed by atoms with Crippen LogP contribution in [0, 0.1) is 25.2 Å². The number of carbonyl (C=O) groups excluding carboxylic acids is 1. The number of amides is 1. The van der Waals surface area contributed by atoms with Crippen LogP contribution < -0.4 is 10.6 Å². The zero-order valence-electron chi connectivity index (χ0n) is 11.7. The molecule has 1 amide bonds. The molecule has 0 bridgehead atoms. The van der Waals surface area contributed by atoms with Crippen LogP contribution in [0.25, 0.3) is 0 Å². The maximum atomic E-state index is 11.2. The predicted octanol–water partition coefficient (Wildman–Crippen LogP) is 1.66. The van der Waals surface area contributed by atoms with Crippen LogP contribution in [0.2, 0.25) is 0 Å². The molecule has 2 N–H and O–H groups in total. The van der Waals surface area contributed by atoms with Crippen LogP contribution in [0.4, 0.5) is 5.82 Å². The second kappa shape index (κ2) is 6.74. The second-order valence-corrected chi connectivity index (χ2v) is 4.63. The minimum Gasteiger partial charge on any atom is -0.368 e. The Kier molecular flexibility index (Phi) is 5.31. The molecule has 5 nitrogen and oxygen atoms in total. The third kappa shape index (κ3) is 3.95. The maximum Gasteiger partial charge on any atom is 0.236 e. The molecule has 0 aliphatic rings. The number of hydrogen-bond acceptors (Lipinski definition) is 4. The molecule has 0 aliphatic carbocycles. The van der Waals surface area contributed by atoms with Crippen molar-refractivity contribution in [2.75, 3.05) is 18.0 Å². The quantitative estimate of drug-likeness (QED) is 0.843. The molecule has 0 spiro atoms. The smallest absolute Gasteiger partial charge is 0.236 e. The summed E-state index contributed by atoms with van der Waals surface area (Å²) in [5.41, 5.74) is 7.50. The molecule has 102 valence electrons. The topological polar surface area (TPSA) is 83.0 Å². The molecular formula is C14H20N4O. The highest BCUT2D eigenvalue weighted by Crippen LogP contribution is 2.22. The van der Waals surface area contributed by atoms with Crippen LogP contribution in [0.1, 0.15) is 36.6 Å². The highest BCUT2D eigenvalue weighted by molar-refractivity contribution is 5.80. The average Bonchev–Trinajstić information content (AvgIpc) is 2.33. The van der Waals surface area contributed by atoms with Crippen LogP contribution in [0.3, 0.4) is 0 Å². The van der Waals surface area contributed by atoms with Crippen molar-refractivity contribution in [1.29, 1.82) is 5.26 Å². The summed E-state index contributed by atoms with van der Waals surface area (Å²) in [6, 6.07) is 4.03. The van der Waals surface area contributed by atoms with E-state index in [4.69, 9.17) is 5.73 Å². The van der Waals surface area contributed by atoms with Gasteiger partial charge in [0, 0.05) is 12.2 Å². The number of aromatic nitrogens is 1. The minimum absolute atomic E-state index is 0.0879. The first-order valence-corrected chi connectivity index (χ1v) is 6.41. The summed E-state index contributed by atoms with van der Waals surface area (Å²) in [6.45, 7) is 6.58. The molecule has 1 aromatic heterocycles. The number of nitriles is 1. The van der Waals surface area contributed by atoms with Crippen LogP contribution in [-0.2, 0) is 4.79 Å². The van der Waals surface area contributed by atoms with Gasteiger partial charge in [0.25, 0.3) is 0 Å². The molecule has 19 heavy (non-hydrogen) atoms. The van der Waals surface area contributed by atoms with Gasteiger partial charge in [-0.15, -0.1) is 0 Å². The van der Waals surface area contributed by atoms with Crippen LogP contribution in [0.15, 0.2) is 6.07 Å². The Labute approximate surface area is 114 Å². The third-order valence-corrected chi connectivity index (χ3v) is 2.87. The van der Waals surface area contributed by atoms with E-state index in [1.807, 2.05) is 19.9 Å². The molecule has 1 aromatic rings. The zero-order chi connectivity index (χ0) is 14.4. The number of pyridine rings is 1. The standard InChI is InChI=1S/C14H20N4O/c1-4-5-6-18(9-13(16)19)14-12(8-15)10(2)7-11(3)17-14/h7H,4-6,9H2,1-3H3,(H2,16,19). The number of carbonyl (C=O) groups is 1. The van der Waals surface area contributed by atoms with E-state index in [2.05, 4.69) is 18.0 Å². The number of hydrogen-bond donors (Lipinski definition) is 1. The second-order valence-electron chi connectivity index (χ2n) is 4.63. The number of primary amides is 1. The number of nitrogens with two attached hydrogens (primary N) is 1. The van der Waals surface area contributed by atoms with Gasteiger partial charge in [0.2, 0.25) is 5.91 Å². The van der Waals surface area contributed by atoms with Gasteiger partial charge in [-0.05, 0) is 31.9 Å². The Balaban J connectivity index is 3.20. The lowest BCUT2D eigenvalue weighted by Gasteiger charge is -2.24. The van der Waals surface area contributed by atoms with E-state index >= 15 is 0 Å². The highest BCUT2D eigenvalue weighted by atomic mass is 16.1. The Hall–Kier alpha value is -2.09. The lowest BCUT2D eigenvalue weighted by molar-refractivity contribution is -0.116. The number of unbranched alkanes of at least 4 members (excludes halogenated alkanes) is 1. The molecule has 0 fully saturated rings. The largest absolute Gasteiger partial charge is 0.368 e. The molecule has 0 radical (unpaired) electrons. The van der Waals surface area contributed by atoms with Crippen molar-refractivity contribution < 1.29 is 4.79 Å². The van der Waals surface area contributed by atoms with Gasteiger partial charge in [-0.3, -0.25) is 4.79 Å². The summed E-state index contributed by atoms with van der Waals surface area (Å²) in [5, 5.41) is 9.27. The fourth-order valence-corrected chi connectivity index (χ4v) is 1.98. The average molecular weight is 260 g/mol. The van der Waals surface area contributed by atoms with Crippen molar-refractivity contribution >= 4 is 11.7 Å². The van der Waals surface area contributed by atoms with Gasteiger partial charge < -0.3 is 10.6 Å². The Bertz CT molecular complexity index is 505. The summed E-state index contributed by atoms with van der Waals surface area (Å²) in [4.78, 5) is 17.4. The zero-order valence-corrected chi connectivity index (χ0v) is 11.7. The Morgan fingerprint density at radius 3 is 2.74 bits per heavy atom. The van der Waals surface area contributed by atoms with E-state index in [1.54, 1.807) is 4.90 Å². The lowest BCUT2D eigenvalue weighted by atomic mass is 10.1.